The average Bonchev–Trinajstić information content (AvgIpc) is 3.25. The minimum Gasteiger partial charge on any atom is -0.479 e. The molecule has 4 atom stereocenters. The second-order valence-electron chi connectivity index (χ2n) is 8.53. The SMILES string of the molecule is CC(NS(=O)(=O)N1C[C@H](CCCB(O)O)[C@](NC(=O)[C@H](C)N)(C(=O)O)C1)C1(N)CC1. The lowest BCUT2D eigenvalue weighted by Crippen LogP contribution is -2.63. The van der Waals surface area contributed by atoms with Crippen molar-refractivity contribution in [3.05, 3.63) is 0 Å². The van der Waals surface area contributed by atoms with Crippen molar-refractivity contribution in [1.82, 2.24) is 14.3 Å². The van der Waals surface area contributed by atoms with Crippen LogP contribution in [0.5, 0.6) is 0 Å². The topological polar surface area (TPSA) is 208 Å². The molecular formula is C16H32BN5O7S. The molecule has 12 nitrogen and oxygen atoms in total. The third-order valence-electron chi connectivity index (χ3n) is 6.06. The first kappa shape index (κ1) is 25.0. The molecule has 0 aromatic carbocycles. The number of hydrogen-bond acceptors (Lipinski definition) is 8. The molecule has 172 valence electrons. The van der Waals surface area contributed by atoms with Crippen molar-refractivity contribution in [1.29, 1.82) is 0 Å². The van der Waals surface area contributed by atoms with Gasteiger partial charge in [0.05, 0.1) is 6.04 Å². The molecule has 30 heavy (non-hydrogen) atoms. The van der Waals surface area contributed by atoms with Gasteiger partial charge >= 0.3 is 13.1 Å². The van der Waals surface area contributed by atoms with Crippen LogP contribution in [0.1, 0.15) is 39.5 Å². The third kappa shape index (κ3) is 5.49. The molecule has 14 heteroatoms. The standard InChI is InChI=1S/C16H32BN5O7S/c1-10(18)13(23)20-16(14(24)25)9-22(8-12(16)4-3-7-17(26)27)30(28,29)21-11(2)15(19)5-6-15/h10-12,21,26-27H,3-9,18-19H2,1-2H3,(H,20,23)(H,24,25)/t10-,11?,12-,16-/m0/s1. The summed E-state index contributed by atoms with van der Waals surface area (Å²) in [6.07, 6.45) is 1.75. The van der Waals surface area contributed by atoms with E-state index in [1.165, 1.54) is 6.92 Å². The van der Waals surface area contributed by atoms with Crippen LogP contribution in [0, 0.1) is 5.92 Å². The van der Waals surface area contributed by atoms with Crippen molar-refractivity contribution in [3.63, 3.8) is 0 Å². The van der Waals surface area contributed by atoms with E-state index >= 15 is 0 Å². The van der Waals surface area contributed by atoms with Crippen LogP contribution in [0.3, 0.4) is 0 Å². The van der Waals surface area contributed by atoms with E-state index in [-0.39, 0.29) is 25.7 Å². The Labute approximate surface area is 176 Å². The quantitative estimate of drug-likeness (QED) is 0.162. The largest absolute Gasteiger partial charge is 0.479 e. The van der Waals surface area contributed by atoms with Crippen LogP contribution < -0.4 is 21.5 Å². The minimum absolute atomic E-state index is 0.00877. The number of hydrogen-bond donors (Lipinski definition) is 7. The van der Waals surface area contributed by atoms with Gasteiger partial charge < -0.3 is 31.9 Å². The Bertz CT molecular complexity index is 761. The highest BCUT2D eigenvalue weighted by atomic mass is 32.2. The number of nitrogens with two attached hydrogens (primary N) is 2. The highest BCUT2D eigenvalue weighted by molar-refractivity contribution is 7.87. The van der Waals surface area contributed by atoms with Gasteiger partial charge in [-0.15, -0.1) is 0 Å². The number of carbonyl (C=O) groups excluding carboxylic acids is 1. The van der Waals surface area contributed by atoms with Crippen LogP contribution in [0.15, 0.2) is 0 Å². The van der Waals surface area contributed by atoms with E-state index in [0.717, 1.165) is 4.31 Å². The maximum Gasteiger partial charge on any atom is 0.451 e. The molecule has 9 N–H and O–H groups in total. The first-order valence-corrected chi connectivity index (χ1v) is 11.4. The Hall–Kier alpha value is -1.29. The number of amides is 1. The summed E-state index contributed by atoms with van der Waals surface area (Å²) in [7, 11) is -5.64. The Morgan fingerprint density at radius 3 is 2.37 bits per heavy atom. The summed E-state index contributed by atoms with van der Waals surface area (Å²) in [6, 6.07) is -1.53. The zero-order valence-corrected chi connectivity index (χ0v) is 18.1. The van der Waals surface area contributed by atoms with E-state index in [2.05, 4.69) is 10.0 Å². The fraction of sp³-hybridized carbons (Fsp3) is 0.875. The van der Waals surface area contributed by atoms with Crippen LogP contribution in [-0.2, 0) is 19.8 Å². The van der Waals surface area contributed by atoms with E-state index in [9.17, 15) is 23.1 Å². The number of rotatable bonds is 11. The molecule has 0 spiro atoms. The Kier molecular flexibility index (Phi) is 7.55. The second kappa shape index (κ2) is 9.06. The number of aliphatic carboxylic acids is 1. The molecular weight excluding hydrogens is 417 g/mol. The molecule has 0 aromatic rings. The second-order valence-corrected chi connectivity index (χ2v) is 10.2. The average molecular weight is 449 g/mol. The molecule has 0 bridgehead atoms. The van der Waals surface area contributed by atoms with Gasteiger partial charge in [-0.25, -0.2) is 4.79 Å². The summed E-state index contributed by atoms with van der Waals surface area (Å²) in [6.45, 7) is 2.41. The van der Waals surface area contributed by atoms with Gasteiger partial charge in [0.1, 0.15) is 0 Å². The lowest BCUT2D eigenvalue weighted by Gasteiger charge is -2.32. The Morgan fingerprint density at radius 1 is 1.30 bits per heavy atom. The van der Waals surface area contributed by atoms with Gasteiger partial charge in [0.2, 0.25) is 5.91 Å². The lowest BCUT2D eigenvalue weighted by molar-refractivity contribution is -0.149. The zero-order valence-electron chi connectivity index (χ0n) is 17.2. The molecule has 1 saturated heterocycles. The van der Waals surface area contributed by atoms with Crippen LogP contribution >= 0.6 is 0 Å². The fourth-order valence-corrected chi connectivity index (χ4v) is 5.29. The van der Waals surface area contributed by atoms with Crippen molar-refractivity contribution in [2.75, 3.05) is 13.1 Å². The highest BCUT2D eigenvalue weighted by Gasteiger charge is 2.56. The Balaban J connectivity index is 2.27. The number of nitrogens with zero attached hydrogens (tertiary/aromatic N) is 1. The highest BCUT2D eigenvalue weighted by Crippen LogP contribution is 2.37. The molecule has 0 aromatic heterocycles. The normalized spacial score (nSPS) is 28.0. The van der Waals surface area contributed by atoms with E-state index in [4.69, 9.17) is 21.5 Å². The van der Waals surface area contributed by atoms with Gasteiger partial charge in [0.15, 0.2) is 5.54 Å². The monoisotopic (exact) mass is 449 g/mol. The van der Waals surface area contributed by atoms with Crippen LogP contribution in [0.25, 0.3) is 0 Å². The van der Waals surface area contributed by atoms with Crippen molar-refractivity contribution in [2.24, 2.45) is 17.4 Å². The molecule has 2 fully saturated rings. The summed E-state index contributed by atoms with van der Waals surface area (Å²) >= 11 is 0. The molecule has 1 aliphatic carbocycles. The summed E-state index contributed by atoms with van der Waals surface area (Å²) in [5.74, 6) is -2.89. The summed E-state index contributed by atoms with van der Waals surface area (Å²) in [4.78, 5) is 24.5. The van der Waals surface area contributed by atoms with E-state index in [1.54, 1.807) is 6.92 Å². The molecule has 1 saturated carbocycles. The maximum absolute atomic E-state index is 12.9. The first-order chi connectivity index (χ1) is 13.7. The van der Waals surface area contributed by atoms with Crippen molar-refractivity contribution in [3.8, 4) is 0 Å². The molecule has 1 amide bonds. The predicted molar refractivity (Wildman–Crippen MR) is 109 cm³/mol. The van der Waals surface area contributed by atoms with E-state index < -0.39 is 64.8 Å². The van der Waals surface area contributed by atoms with Crippen molar-refractivity contribution < 1.29 is 33.2 Å². The van der Waals surface area contributed by atoms with Crippen molar-refractivity contribution >= 4 is 29.2 Å². The van der Waals surface area contributed by atoms with E-state index in [1.807, 2.05) is 0 Å². The number of nitrogens with one attached hydrogen (secondary N) is 2. The lowest BCUT2D eigenvalue weighted by atomic mass is 9.78. The molecule has 1 heterocycles. The molecule has 1 unspecified atom stereocenters. The predicted octanol–water partition coefficient (Wildman–Crippen LogP) is -2.83. The summed E-state index contributed by atoms with van der Waals surface area (Å²) in [5, 5.41) is 30.5. The van der Waals surface area contributed by atoms with Gasteiger partial charge in [-0.1, -0.05) is 6.42 Å². The zero-order chi connectivity index (χ0) is 22.9. The van der Waals surface area contributed by atoms with Gasteiger partial charge in [-0.05, 0) is 39.4 Å². The molecule has 0 radical (unpaired) electrons. The summed E-state index contributed by atoms with van der Waals surface area (Å²) in [5.41, 5.74) is 9.13. The van der Waals surface area contributed by atoms with Crippen molar-refractivity contribution in [2.45, 2.75) is 69.0 Å². The van der Waals surface area contributed by atoms with Gasteiger partial charge in [-0.3, -0.25) is 4.79 Å². The first-order valence-electron chi connectivity index (χ1n) is 9.97. The van der Waals surface area contributed by atoms with Crippen LogP contribution in [-0.4, -0.2) is 83.1 Å². The number of carboxylic acid groups (broad SMARTS) is 1. The molecule has 1 aliphatic heterocycles. The van der Waals surface area contributed by atoms with Gasteiger partial charge in [0.25, 0.3) is 10.2 Å². The van der Waals surface area contributed by atoms with Gasteiger partial charge in [0, 0.05) is 30.6 Å². The molecule has 2 rings (SSSR count). The van der Waals surface area contributed by atoms with Crippen LogP contribution in [0.4, 0.5) is 0 Å². The van der Waals surface area contributed by atoms with Gasteiger partial charge in [-0.2, -0.15) is 17.4 Å². The number of carbonyl (C=O) groups is 2. The van der Waals surface area contributed by atoms with Crippen LogP contribution in [0.2, 0.25) is 6.32 Å². The maximum atomic E-state index is 12.9. The smallest absolute Gasteiger partial charge is 0.451 e. The third-order valence-corrected chi connectivity index (χ3v) is 7.67. The number of carboxylic acids is 1. The van der Waals surface area contributed by atoms with E-state index in [0.29, 0.717) is 12.8 Å². The fourth-order valence-electron chi connectivity index (χ4n) is 3.70. The molecule has 2 aliphatic rings. The summed E-state index contributed by atoms with van der Waals surface area (Å²) < 4.78 is 29.4. The Morgan fingerprint density at radius 2 is 1.90 bits per heavy atom. The minimum atomic E-state index is -4.08.